The highest BCUT2D eigenvalue weighted by Crippen LogP contribution is 2.27. The fourth-order valence-corrected chi connectivity index (χ4v) is 4.31. The van der Waals surface area contributed by atoms with E-state index in [0.717, 1.165) is 39.8 Å². The molecular weight excluding hydrogens is 492 g/mol. The summed E-state index contributed by atoms with van der Waals surface area (Å²) in [7, 11) is 0. The Hall–Kier alpha value is -4.04. The maximum absolute atomic E-state index is 13.0. The molecule has 2 N–H and O–H groups in total. The molecular formula is C31H36N4O4. The Balaban J connectivity index is 1.44. The predicted molar refractivity (Wildman–Crippen MR) is 151 cm³/mol. The summed E-state index contributed by atoms with van der Waals surface area (Å²) < 4.78 is 10.7. The van der Waals surface area contributed by atoms with Gasteiger partial charge in [-0.3, -0.25) is 4.79 Å². The molecule has 39 heavy (non-hydrogen) atoms. The van der Waals surface area contributed by atoms with Crippen molar-refractivity contribution in [1.82, 2.24) is 20.6 Å². The van der Waals surface area contributed by atoms with E-state index in [0.29, 0.717) is 31.3 Å². The van der Waals surface area contributed by atoms with Crippen LogP contribution in [0.3, 0.4) is 0 Å². The minimum absolute atomic E-state index is 0.224. The molecule has 0 fully saturated rings. The molecule has 1 aliphatic rings. The SMILES string of the molecule is Cc1ccc(-c2ccc([C@@H](C)NC(=O)c3ccnc(C4=CCOCC4)n3)cc2)c(CNC(=O)OC(C)(C)C)c1. The zero-order valence-electron chi connectivity index (χ0n) is 23.2. The van der Waals surface area contributed by atoms with E-state index < -0.39 is 11.7 Å². The number of carbonyl (C=O) groups excluding carboxylic acids is 2. The number of nitrogens with zero attached hydrogens (tertiary/aromatic N) is 2. The second kappa shape index (κ2) is 12.2. The van der Waals surface area contributed by atoms with Gasteiger partial charge >= 0.3 is 6.09 Å². The summed E-state index contributed by atoms with van der Waals surface area (Å²) in [6.07, 6.45) is 3.85. The van der Waals surface area contributed by atoms with Crippen molar-refractivity contribution in [2.75, 3.05) is 13.2 Å². The second-order valence-corrected chi connectivity index (χ2v) is 10.7. The van der Waals surface area contributed by atoms with E-state index in [1.54, 1.807) is 12.3 Å². The van der Waals surface area contributed by atoms with E-state index in [2.05, 4.69) is 38.8 Å². The molecule has 0 aliphatic carbocycles. The van der Waals surface area contributed by atoms with Gasteiger partial charge in [0.05, 0.1) is 19.3 Å². The van der Waals surface area contributed by atoms with Crippen LogP contribution in [0.4, 0.5) is 4.79 Å². The van der Waals surface area contributed by atoms with Crippen LogP contribution in [0.1, 0.15) is 73.2 Å². The van der Waals surface area contributed by atoms with Crippen LogP contribution in [0.15, 0.2) is 60.8 Å². The van der Waals surface area contributed by atoms with E-state index in [9.17, 15) is 9.59 Å². The van der Waals surface area contributed by atoms with Gasteiger partial charge in [-0.2, -0.15) is 0 Å². The number of alkyl carbamates (subject to hydrolysis) is 1. The van der Waals surface area contributed by atoms with Crippen LogP contribution in [0, 0.1) is 6.92 Å². The first-order chi connectivity index (χ1) is 18.6. The number of hydrogen-bond acceptors (Lipinski definition) is 6. The minimum atomic E-state index is -0.556. The Kier molecular flexibility index (Phi) is 8.76. The lowest BCUT2D eigenvalue weighted by molar-refractivity contribution is 0.0523. The van der Waals surface area contributed by atoms with Crippen molar-refractivity contribution in [1.29, 1.82) is 0 Å². The van der Waals surface area contributed by atoms with Crippen molar-refractivity contribution in [2.24, 2.45) is 0 Å². The average molecular weight is 529 g/mol. The lowest BCUT2D eigenvalue weighted by Crippen LogP contribution is -2.32. The van der Waals surface area contributed by atoms with Crippen LogP contribution < -0.4 is 10.6 Å². The Labute approximate surface area is 229 Å². The molecule has 0 saturated heterocycles. The first-order valence-electron chi connectivity index (χ1n) is 13.2. The van der Waals surface area contributed by atoms with E-state index >= 15 is 0 Å². The quantitative estimate of drug-likeness (QED) is 0.404. The molecule has 0 radical (unpaired) electrons. The highest BCUT2D eigenvalue weighted by molar-refractivity contribution is 5.92. The molecule has 8 nitrogen and oxygen atoms in total. The van der Waals surface area contributed by atoms with Crippen molar-refractivity contribution in [3.63, 3.8) is 0 Å². The molecule has 3 aromatic rings. The summed E-state index contributed by atoms with van der Waals surface area (Å²) in [5, 5.41) is 5.89. The van der Waals surface area contributed by atoms with Crippen molar-refractivity contribution < 1.29 is 19.1 Å². The van der Waals surface area contributed by atoms with Gasteiger partial charge in [-0.05, 0) is 74.9 Å². The third-order valence-corrected chi connectivity index (χ3v) is 6.29. The van der Waals surface area contributed by atoms with Gasteiger partial charge in [-0.1, -0.05) is 54.1 Å². The lowest BCUT2D eigenvalue weighted by atomic mass is 9.96. The standard InChI is InChI=1S/C31H36N4O4/c1-20-6-11-26(25(18-20)19-33-30(37)39-31(3,4)5)23-9-7-22(8-10-23)21(2)34-29(36)27-12-15-32-28(35-27)24-13-16-38-17-14-24/h6-13,15,18,21H,14,16-17,19H2,1-5H3,(H,33,37)(H,34,36)/t21-/m1/s1. The van der Waals surface area contributed by atoms with Gasteiger partial charge in [0, 0.05) is 12.7 Å². The molecule has 0 bridgehead atoms. The van der Waals surface area contributed by atoms with E-state index in [4.69, 9.17) is 9.47 Å². The largest absolute Gasteiger partial charge is 0.444 e. The fraction of sp³-hybridized carbons (Fsp3) is 0.355. The van der Waals surface area contributed by atoms with Crippen molar-refractivity contribution in [3.8, 4) is 11.1 Å². The Bertz CT molecular complexity index is 1360. The van der Waals surface area contributed by atoms with E-state index in [-0.39, 0.29) is 11.9 Å². The third kappa shape index (κ3) is 7.74. The van der Waals surface area contributed by atoms with Crippen molar-refractivity contribution >= 4 is 17.6 Å². The van der Waals surface area contributed by atoms with Crippen LogP contribution in [0.5, 0.6) is 0 Å². The lowest BCUT2D eigenvalue weighted by Gasteiger charge is -2.20. The number of benzene rings is 2. The van der Waals surface area contributed by atoms with Gasteiger partial charge in [0.1, 0.15) is 11.3 Å². The molecule has 204 valence electrons. The summed E-state index contributed by atoms with van der Waals surface area (Å²) in [6.45, 7) is 11.0. The molecule has 2 amide bonds. The van der Waals surface area contributed by atoms with Crippen LogP contribution in [-0.2, 0) is 16.0 Å². The Morgan fingerprint density at radius 1 is 1.10 bits per heavy atom. The maximum Gasteiger partial charge on any atom is 0.407 e. The van der Waals surface area contributed by atoms with Gasteiger partial charge in [0.2, 0.25) is 0 Å². The number of nitrogens with one attached hydrogen (secondary N) is 2. The second-order valence-electron chi connectivity index (χ2n) is 10.7. The Morgan fingerprint density at radius 3 is 2.56 bits per heavy atom. The molecule has 0 saturated carbocycles. The zero-order chi connectivity index (χ0) is 28.0. The van der Waals surface area contributed by atoms with Crippen molar-refractivity contribution in [3.05, 3.63) is 89.0 Å². The molecule has 4 rings (SSSR count). The number of aromatic nitrogens is 2. The van der Waals surface area contributed by atoms with Crippen LogP contribution in [-0.4, -0.2) is 40.8 Å². The number of carbonyl (C=O) groups is 2. The number of ether oxygens (including phenoxy) is 2. The number of aryl methyl sites for hydroxylation is 1. The van der Waals surface area contributed by atoms with Gasteiger partial charge in [-0.15, -0.1) is 0 Å². The van der Waals surface area contributed by atoms with E-state index in [1.165, 1.54) is 0 Å². The summed E-state index contributed by atoms with van der Waals surface area (Å²) in [4.78, 5) is 33.9. The minimum Gasteiger partial charge on any atom is -0.444 e. The molecule has 1 aliphatic heterocycles. The topological polar surface area (TPSA) is 102 Å². The van der Waals surface area contributed by atoms with Gasteiger partial charge in [0.15, 0.2) is 5.82 Å². The maximum atomic E-state index is 13.0. The van der Waals surface area contributed by atoms with E-state index in [1.807, 2.05) is 65.0 Å². The first-order valence-corrected chi connectivity index (χ1v) is 13.2. The molecule has 8 heteroatoms. The normalized spacial score (nSPS) is 14.2. The van der Waals surface area contributed by atoms with Gasteiger partial charge in [-0.25, -0.2) is 14.8 Å². The molecule has 2 heterocycles. The fourth-order valence-electron chi connectivity index (χ4n) is 4.31. The summed E-state index contributed by atoms with van der Waals surface area (Å²) >= 11 is 0. The molecule has 1 atom stereocenters. The van der Waals surface area contributed by atoms with Crippen LogP contribution in [0.2, 0.25) is 0 Å². The average Bonchev–Trinajstić information content (AvgIpc) is 2.91. The number of amides is 2. The summed E-state index contributed by atoms with van der Waals surface area (Å²) in [6, 6.07) is 15.6. The monoisotopic (exact) mass is 528 g/mol. The van der Waals surface area contributed by atoms with Gasteiger partial charge < -0.3 is 20.1 Å². The Morgan fingerprint density at radius 2 is 1.87 bits per heavy atom. The molecule has 1 aromatic heterocycles. The summed E-state index contributed by atoms with van der Waals surface area (Å²) in [5.41, 5.74) is 5.88. The van der Waals surface area contributed by atoms with Crippen LogP contribution in [0.25, 0.3) is 16.7 Å². The summed E-state index contributed by atoms with van der Waals surface area (Å²) in [5.74, 6) is 0.315. The third-order valence-electron chi connectivity index (χ3n) is 6.29. The first kappa shape index (κ1) is 28.0. The zero-order valence-corrected chi connectivity index (χ0v) is 23.2. The number of hydrogen-bond donors (Lipinski definition) is 2. The van der Waals surface area contributed by atoms with Crippen LogP contribution >= 0.6 is 0 Å². The smallest absolute Gasteiger partial charge is 0.407 e. The molecule has 0 spiro atoms. The molecule has 0 unspecified atom stereocenters. The molecule has 2 aromatic carbocycles. The highest BCUT2D eigenvalue weighted by atomic mass is 16.6. The van der Waals surface area contributed by atoms with Gasteiger partial charge in [0.25, 0.3) is 5.91 Å². The predicted octanol–water partition coefficient (Wildman–Crippen LogP) is 5.77. The number of rotatable bonds is 7. The highest BCUT2D eigenvalue weighted by Gasteiger charge is 2.18. The van der Waals surface area contributed by atoms with Crippen molar-refractivity contribution in [2.45, 2.75) is 59.2 Å².